The molecule has 8 heteroatoms. The first-order valence-corrected chi connectivity index (χ1v) is 5.64. The van der Waals surface area contributed by atoms with Crippen LogP contribution in [0.5, 0.6) is 0 Å². The van der Waals surface area contributed by atoms with Crippen molar-refractivity contribution in [3.05, 3.63) is 0 Å². The molecule has 1 heterocycles. The van der Waals surface area contributed by atoms with Gasteiger partial charge in [-0.25, -0.2) is 0 Å². The maximum absolute atomic E-state index is 11.3. The summed E-state index contributed by atoms with van der Waals surface area (Å²) in [7, 11) is 0. The van der Waals surface area contributed by atoms with E-state index in [2.05, 4.69) is 5.32 Å². The molecule has 1 saturated heterocycles. The zero-order valence-corrected chi connectivity index (χ0v) is 12.2. The van der Waals surface area contributed by atoms with Crippen molar-refractivity contribution in [1.82, 2.24) is 15.1 Å². The van der Waals surface area contributed by atoms with Gasteiger partial charge in [0, 0.05) is 32.7 Å². The Balaban J connectivity index is 0. The molecule has 0 aromatic heterocycles. The molecule has 1 rings (SSSR count). The summed E-state index contributed by atoms with van der Waals surface area (Å²) in [6, 6.07) is 0. The van der Waals surface area contributed by atoms with Crippen LogP contribution in [0.3, 0.4) is 0 Å². The highest BCUT2D eigenvalue weighted by atomic mass is 35.5. The SMILES string of the molecule is CCNC(=O)CN1CCN(C(=O)CN)CC1.Cl.Cl. The summed E-state index contributed by atoms with van der Waals surface area (Å²) >= 11 is 0. The van der Waals surface area contributed by atoms with Gasteiger partial charge in [0.05, 0.1) is 13.1 Å². The maximum atomic E-state index is 11.3. The van der Waals surface area contributed by atoms with Crippen molar-refractivity contribution in [1.29, 1.82) is 0 Å². The van der Waals surface area contributed by atoms with Gasteiger partial charge in [-0.2, -0.15) is 0 Å². The molecule has 1 fully saturated rings. The van der Waals surface area contributed by atoms with Crippen molar-refractivity contribution in [2.24, 2.45) is 5.73 Å². The smallest absolute Gasteiger partial charge is 0.236 e. The Labute approximate surface area is 120 Å². The first-order valence-electron chi connectivity index (χ1n) is 5.64. The van der Waals surface area contributed by atoms with Gasteiger partial charge in [-0.1, -0.05) is 0 Å². The van der Waals surface area contributed by atoms with Crippen molar-refractivity contribution in [2.75, 3.05) is 45.8 Å². The van der Waals surface area contributed by atoms with Gasteiger partial charge < -0.3 is 16.0 Å². The number of nitrogens with two attached hydrogens (primary N) is 1. The highest BCUT2D eigenvalue weighted by Crippen LogP contribution is 2.01. The van der Waals surface area contributed by atoms with Gasteiger partial charge in [-0.3, -0.25) is 14.5 Å². The van der Waals surface area contributed by atoms with E-state index in [4.69, 9.17) is 5.73 Å². The summed E-state index contributed by atoms with van der Waals surface area (Å²) in [5.41, 5.74) is 5.29. The molecule has 1 aliphatic rings. The lowest BCUT2D eigenvalue weighted by molar-refractivity contribution is -0.131. The van der Waals surface area contributed by atoms with E-state index in [1.807, 2.05) is 11.8 Å². The third-order valence-corrected chi connectivity index (χ3v) is 2.64. The van der Waals surface area contributed by atoms with Crippen LogP contribution in [0.15, 0.2) is 0 Å². The molecule has 0 atom stereocenters. The molecule has 2 amide bonds. The molecule has 0 spiro atoms. The second kappa shape index (κ2) is 10.4. The summed E-state index contributed by atoms with van der Waals surface area (Å²) in [5.74, 6) is 0.0266. The second-order valence-corrected chi connectivity index (χ2v) is 3.81. The Morgan fingerprint density at radius 1 is 1.17 bits per heavy atom. The fourth-order valence-electron chi connectivity index (χ4n) is 1.74. The van der Waals surface area contributed by atoms with Crippen LogP contribution in [-0.2, 0) is 9.59 Å². The van der Waals surface area contributed by atoms with Crippen LogP contribution in [0.1, 0.15) is 6.92 Å². The van der Waals surface area contributed by atoms with Gasteiger partial charge >= 0.3 is 0 Å². The zero-order chi connectivity index (χ0) is 12.0. The van der Waals surface area contributed by atoms with E-state index >= 15 is 0 Å². The predicted molar refractivity (Wildman–Crippen MR) is 75.3 cm³/mol. The Kier molecular flexibility index (Phi) is 11.4. The van der Waals surface area contributed by atoms with Gasteiger partial charge in [0.1, 0.15) is 0 Å². The fourth-order valence-corrected chi connectivity index (χ4v) is 1.74. The zero-order valence-electron chi connectivity index (χ0n) is 10.6. The van der Waals surface area contributed by atoms with Crippen LogP contribution >= 0.6 is 24.8 Å². The summed E-state index contributed by atoms with van der Waals surface area (Å²) in [6.45, 7) is 5.84. The van der Waals surface area contributed by atoms with E-state index in [9.17, 15) is 9.59 Å². The molecule has 108 valence electrons. The van der Waals surface area contributed by atoms with Gasteiger partial charge in [-0.05, 0) is 6.92 Å². The highest BCUT2D eigenvalue weighted by Gasteiger charge is 2.21. The minimum absolute atomic E-state index is 0. The maximum Gasteiger partial charge on any atom is 0.236 e. The van der Waals surface area contributed by atoms with Crippen LogP contribution in [0.4, 0.5) is 0 Å². The van der Waals surface area contributed by atoms with E-state index in [1.54, 1.807) is 4.90 Å². The molecule has 18 heavy (non-hydrogen) atoms. The van der Waals surface area contributed by atoms with Crippen LogP contribution in [0.25, 0.3) is 0 Å². The number of nitrogens with one attached hydrogen (secondary N) is 1. The van der Waals surface area contributed by atoms with Crippen molar-refractivity contribution in [2.45, 2.75) is 6.92 Å². The van der Waals surface area contributed by atoms with Gasteiger partial charge in [-0.15, -0.1) is 24.8 Å². The van der Waals surface area contributed by atoms with E-state index in [0.29, 0.717) is 26.2 Å². The largest absolute Gasteiger partial charge is 0.355 e. The lowest BCUT2D eigenvalue weighted by Gasteiger charge is -2.34. The van der Waals surface area contributed by atoms with Crippen molar-refractivity contribution in [3.63, 3.8) is 0 Å². The molecule has 0 unspecified atom stereocenters. The fraction of sp³-hybridized carbons (Fsp3) is 0.800. The minimum atomic E-state index is -0.0161. The first kappa shape index (κ1) is 19.8. The Morgan fingerprint density at radius 3 is 2.17 bits per heavy atom. The van der Waals surface area contributed by atoms with Gasteiger partial charge in [0.2, 0.25) is 11.8 Å². The molecule has 0 aliphatic carbocycles. The number of amides is 2. The molecule has 3 N–H and O–H groups in total. The van der Waals surface area contributed by atoms with Crippen molar-refractivity contribution < 1.29 is 9.59 Å². The van der Waals surface area contributed by atoms with E-state index in [-0.39, 0.29) is 43.2 Å². The van der Waals surface area contributed by atoms with Crippen molar-refractivity contribution in [3.8, 4) is 0 Å². The van der Waals surface area contributed by atoms with Crippen LogP contribution < -0.4 is 11.1 Å². The molecule has 6 nitrogen and oxygen atoms in total. The summed E-state index contributed by atoms with van der Waals surface area (Å²) in [5, 5.41) is 2.76. The standard InChI is InChI=1S/C10H20N4O2.2ClH/c1-2-12-9(15)8-13-3-5-14(6-4-13)10(16)7-11;;/h2-8,11H2,1H3,(H,12,15);2*1H. The lowest BCUT2D eigenvalue weighted by Crippen LogP contribution is -2.52. The molecule has 0 aromatic carbocycles. The Hall–Kier alpha value is -0.560. The normalized spacial score (nSPS) is 15.3. The highest BCUT2D eigenvalue weighted by molar-refractivity contribution is 5.85. The quantitative estimate of drug-likeness (QED) is 0.703. The van der Waals surface area contributed by atoms with Gasteiger partial charge in [0.15, 0.2) is 0 Å². The monoisotopic (exact) mass is 300 g/mol. The van der Waals surface area contributed by atoms with Crippen LogP contribution in [-0.4, -0.2) is 67.4 Å². The summed E-state index contributed by atoms with van der Waals surface area (Å²) < 4.78 is 0. The molecule has 0 aromatic rings. The minimum Gasteiger partial charge on any atom is -0.355 e. The molecule has 0 bridgehead atoms. The average Bonchev–Trinajstić information content (AvgIpc) is 2.29. The van der Waals surface area contributed by atoms with Crippen LogP contribution in [0, 0.1) is 0 Å². The number of nitrogens with zero attached hydrogens (tertiary/aromatic N) is 2. The number of likely N-dealkylation sites (N-methyl/N-ethyl adjacent to an activating group) is 1. The summed E-state index contributed by atoms with van der Waals surface area (Å²) in [4.78, 5) is 26.4. The Morgan fingerprint density at radius 2 is 1.72 bits per heavy atom. The topological polar surface area (TPSA) is 78.7 Å². The molecular formula is C10H22Cl2N4O2. The number of carbonyl (C=O) groups excluding carboxylic acids is 2. The lowest BCUT2D eigenvalue weighted by atomic mass is 10.3. The average molecular weight is 301 g/mol. The first-order chi connectivity index (χ1) is 7.67. The molecule has 0 saturated carbocycles. The number of rotatable bonds is 4. The third kappa shape index (κ3) is 6.39. The summed E-state index contributed by atoms with van der Waals surface area (Å²) in [6.07, 6.45) is 0. The third-order valence-electron chi connectivity index (χ3n) is 2.64. The van der Waals surface area contributed by atoms with E-state index < -0.39 is 0 Å². The second-order valence-electron chi connectivity index (χ2n) is 3.81. The molecule has 0 radical (unpaired) electrons. The number of carbonyl (C=O) groups is 2. The molecular weight excluding hydrogens is 279 g/mol. The predicted octanol–water partition coefficient (Wildman–Crippen LogP) is -0.931. The number of halogens is 2. The van der Waals surface area contributed by atoms with E-state index in [0.717, 1.165) is 13.1 Å². The number of hydrogen-bond acceptors (Lipinski definition) is 4. The van der Waals surface area contributed by atoms with Crippen molar-refractivity contribution >= 4 is 36.6 Å². The number of piperazine rings is 1. The molecule has 1 aliphatic heterocycles. The van der Waals surface area contributed by atoms with Crippen LogP contribution in [0.2, 0.25) is 0 Å². The number of hydrogen-bond donors (Lipinski definition) is 2. The van der Waals surface area contributed by atoms with E-state index in [1.165, 1.54) is 0 Å². The Bertz CT molecular complexity index is 258. The van der Waals surface area contributed by atoms with Gasteiger partial charge in [0.25, 0.3) is 0 Å².